The quantitative estimate of drug-likeness (QED) is 0.168. The Morgan fingerprint density at radius 3 is 0.981 bits per heavy atom. The molecule has 0 radical (unpaired) electrons. The molecule has 0 fully saturated rings. The zero-order valence-corrected chi connectivity index (χ0v) is 28.0. The molecule has 5 aromatic carbocycles. The van der Waals surface area contributed by atoms with Crippen LogP contribution in [0.4, 0.5) is 0 Å². The highest BCUT2D eigenvalue weighted by molar-refractivity contribution is 6.36. The van der Waals surface area contributed by atoms with Crippen molar-refractivity contribution in [3.63, 3.8) is 0 Å². The zero-order valence-electron chi connectivity index (χ0n) is 28.0. The second-order valence-corrected chi connectivity index (χ2v) is 12.0. The van der Waals surface area contributed by atoms with E-state index in [9.17, 15) is 42.1 Å². The molecule has 0 amide bonds. The van der Waals surface area contributed by atoms with E-state index in [1.807, 2.05) is 0 Å². The number of benzene rings is 5. The Morgan fingerprint density at radius 2 is 0.704 bits per heavy atom. The minimum absolute atomic E-state index is 0.0337. The first kappa shape index (κ1) is 33.5. The van der Waals surface area contributed by atoms with E-state index in [0.29, 0.717) is 44.5 Å². The van der Waals surface area contributed by atoms with Gasteiger partial charge >= 0.3 is 0 Å². The van der Waals surface area contributed by atoms with E-state index in [1.165, 1.54) is 0 Å². The predicted octanol–water partition coefficient (Wildman–Crippen LogP) is 8.94. The van der Waals surface area contributed by atoms with Crippen LogP contribution >= 0.6 is 0 Å². The lowest BCUT2D eigenvalue weighted by molar-refractivity contribution is 1.38. The molecule has 8 heteroatoms. The first-order chi connectivity index (χ1) is 26.5. The summed E-state index contributed by atoms with van der Waals surface area (Å²) in [5, 5.41) is 84.9. The molecule has 0 atom stereocenters. The highest BCUT2D eigenvalue weighted by Gasteiger charge is 2.43. The van der Waals surface area contributed by atoms with Gasteiger partial charge in [-0.05, 0) is 46.5 Å². The minimum atomic E-state index is -0.0498. The molecule has 0 heterocycles. The van der Waals surface area contributed by atoms with Crippen molar-refractivity contribution < 1.29 is 0 Å². The third kappa shape index (κ3) is 5.01. The van der Waals surface area contributed by atoms with E-state index >= 15 is 0 Å². The van der Waals surface area contributed by atoms with Gasteiger partial charge in [0.05, 0.1) is 56.7 Å². The summed E-state index contributed by atoms with van der Waals surface area (Å²) in [4.78, 5) is 0. The number of nitriles is 8. The molecule has 0 bridgehead atoms. The number of rotatable bonds is 4. The van der Waals surface area contributed by atoms with Crippen molar-refractivity contribution in [1.29, 1.82) is 42.1 Å². The van der Waals surface area contributed by atoms with Gasteiger partial charge in [0, 0.05) is 44.5 Å². The Hall–Kier alpha value is -9.02. The molecule has 0 aromatic heterocycles. The van der Waals surface area contributed by atoms with Gasteiger partial charge in [0.25, 0.3) is 0 Å². The zero-order chi connectivity index (χ0) is 37.9. The maximum absolute atomic E-state index is 11.2. The lowest BCUT2D eigenvalue weighted by Crippen LogP contribution is -2.05. The van der Waals surface area contributed by atoms with Crippen LogP contribution in [0.2, 0.25) is 0 Å². The first-order valence-electron chi connectivity index (χ1n) is 16.3. The van der Waals surface area contributed by atoms with Crippen LogP contribution in [-0.2, 0) is 0 Å². The molecule has 0 N–H and O–H groups in total. The van der Waals surface area contributed by atoms with Crippen LogP contribution in [0, 0.1) is 90.6 Å². The Balaban J connectivity index is 1.75. The normalized spacial score (nSPS) is 14.1. The van der Waals surface area contributed by atoms with Crippen molar-refractivity contribution in [2.45, 2.75) is 0 Å². The highest BCUT2D eigenvalue weighted by atomic mass is 14.5. The van der Waals surface area contributed by atoms with Gasteiger partial charge in [-0.2, -0.15) is 42.1 Å². The number of hydrogen-bond acceptors (Lipinski definition) is 8. The number of allylic oxidation sites excluding steroid dienone is 8. The minimum Gasteiger partial charge on any atom is -0.192 e. The van der Waals surface area contributed by atoms with E-state index in [4.69, 9.17) is 0 Å². The molecule has 54 heavy (non-hydrogen) atoms. The van der Waals surface area contributed by atoms with E-state index in [1.54, 1.807) is 109 Å². The van der Waals surface area contributed by atoms with Gasteiger partial charge in [0.2, 0.25) is 0 Å². The Kier molecular flexibility index (Phi) is 8.50. The largest absolute Gasteiger partial charge is 0.192 e. The van der Waals surface area contributed by atoms with Crippen LogP contribution < -0.4 is 0 Å². The Labute approximate surface area is 310 Å². The molecule has 8 nitrogen and oxygen atoms in total. The fourth-order valence-electron chi connectivity index (χ4n) is 7.19. The summed E-state index contributed by atoms with van der Waals surface area (Å²) in [5.41, 5.74) is 4.31. The van der Waals surface area contributed by atoms with Crippen molar-refractivity contribution in [2.24, 2.45) is 0 Å². The third-order valence-electron chi connectivity index (χ3n) is 9.40. The smallest absolute Gasteiger partial charge is 0.101 e. The molecular weight excluding hydrogens is 665 g/mol. The van der Waals surface area contributed by atoms with Crippen LogP contribution in [0.15, 0.2) is 109 Å². The van der Waals surface area contributed by atoms with Crippen molar-refractivity contribution in [3.05, 3.63) is 176 Å². The first-order valence-corrected chi connectivity index (χ1v) is 16.3. The molecule has 2 aliphatic carbocycles. The summed E-state index contributed by atoms with van der Waals surface area (Å²) in [6.45, 7) is 0. The van der Waals surface area contributed by atoms with Crippen molar-refractivity contribution in [2.75, 3.05) is 0 Å². The van der Waals surface area contributed by atoms with Crippen molar-refractivity contribution in [3.8, 4) is 48.6 Å². The van der Waals surface area contributed by atoms with Gasteiger partial charge in [0.1, 0.15) is 36.4 Å². The van der Waals surface area contributed by atoms with Crippen LogP contribution in [-0.4, -0.2) is 0 Å². The average molecular weight is 683 g/mol. The van der Waals surface area contributed by atoms with Gasteiger partial charge in [0.15, 0.2) is 0 Å². The fraction of sp³-hybridized carbons (Fsp3) is 0. The lowest BCUT2D eigenvalue weighted by Gasteiger charge is -2.18. The molecular formula is C46H18N8. The fourth-order valence-corrected chi connectivity index (χ4v) is 7.19. The van der Waals surface area contributed by atoms with Gasteiger partial charge in [-0.15, -0.1) is 0 Å². The maximum atomic E-state index is 11.2. The lowest BCUT2D eigenvalue weighted by atomic mass is 9.81. The molecule has 0 saturated heterocycles. The van der Waals surface area contributed by atoms with Crippen molar-refractivity contribution in [1.82, 2.24) is 0 Å². The molecule has 5 aromatic rings. The number of hydrogen-bond donors (Lipinski definition) is 0. The molecule has 7 rings (SSSR count). The van der Waals surface area contributed by atoms with Crippen LogP contribution in [0.1, 0.15) is 66.8 Å². The van der Waals surface area contributed by atoms with Gasteiger partial charge in [-0.25, -0.2) is 0 Å². The average Bonchev–Trinajstić information content (AvgIpc) is 3.75. The number of fused-ring (bicyclic) bond motifs is 2. The SMILES string of the molecule is N#CC1=C(c2ccccc2)/C(=C(/C#N)c2ccc(C#N)cc2)c2c(C#N)c3c(c(C#N)c21)/C(=C(\C#N)c1ccc(C#N)cc1)C(c1ccccc1)=C3C#N. The Morgan fingerprint density at radius 1 is 0.352 bits per heavy atom. The second-order valence-electron chi connectivity index (χ2n) is 12.0. The third-order valence-corrected chi connectivity index (χ3v) is 9.40. The molecule has 2 aliphatic rings. The maximum Gasteiger partial charge on any atom is 0.101 e. The summed E-state index contributed by atoms with van der Waals surface area (Å²) in [5.74, 6) is 0. The predicted molar refractivity (Wildman–Crippen MR) is 201 cm³/mol. The van der Waals surface area contributed by atoms with E-state index in [-0.39, 0.29) is 66.8 Å². The molecule has 0 aliphatic heterocycles. The second kappa shape index (κ2) is 13.7. The van der Waals surface area contributed by atoms with Gasteiger partial charge in [-0.1, -0.05) is 84.9 Å². The van der Waals surface area contributed by atoms with Crippen LogP contribution in [0.3, 0.4) is 0 Å². The van der Waals surface area contributed by atoms with E-state index < -0.39 is 0 Å². The van der Waals surface area contributed by atoms with E-state index in [2.05, 4.69) is 48.6 Å². The van der Waals surface area contributed by atoms with Crippen LogP contribution in [0.5, 0.6) is 0 Å². The summed E-state index contributed by atoms with van der Waals surface area (Å²) < 4.78 is 0. The summed E-state index contributed by atoms with van der Waals surface area (Å²) in [7, 11) is 0. The number of nitrogens with zero attached hydrogens (tertiary/aromatic N) is 8. The molecule has 0 unspecified atom stereocenters. The van der Waals surface area contributed by atoms with Gasteiger partial charge in [-0.3, -0.25) is 0 Å². The van der Waals surface area contributed by atoms with Crippen LogP contribution in [0.25, 0.3) is 44.6 Å². The Bertz CT molecular complexity index is 2750. The van der Waals surface area contributed by atoms with Crippen molar-refractivity contribution >= 4 is 44.6 Å². The standard InChI is InChI=1S/C46H18N8/c47-19-27-11-15-29(16-12-27)33(21-49)43-39(31-7-3-1-4-8-31)35(23-51)41-37(25-53)46-42(38(26-54)45(41)43)36(24-52)40(32-9-5-2-6-10-32)44(46)34(22-50)30-17-13-28(20-48)14-18-30/h1-18H/b43-33+,44-34+. The monoisotopic (exact) mass is 682 g/mol. The highest BCUT2D eigenvalue weighted by Crippen LogP contribution is 2.59. The molecule has 0 saturated carbocycles. The summed E-state index contributed by atoms with van der Waals surface area (Å²) in [6, 6.07) is 48.1. The molecule has 0 spiro atoms. The summed E-state index contributed by atoms with van der Waals surface area (Å²) >= 11 is 0. The topological polar surface area (TPSA) is 190 Å². The van der Waals surface area contributed by atoms with E-state index in [0.717, 1.165) is 0 Å². The molecule has 242 valence electrons. The summed E-state index contributed by atoms with van der Waals surface area (Å²) in [6.07, 6.45) is 0. The van der Waals surface area contributed by atoms with Gasteiger partial charge < -0.3 is 0 Å².